The molecule has 0 spiro atoms. The molecule has 2 aromatic heterocycles. The Morgan fingerprint density at radius 3 is 2.76 bits per heavy atom. The molecule has 0 atom stereocenters. The topological polar surface area (TPSA) is 51.8 Å². The average Bonchev–Trinajstić information content (AvgIpc) is 2.75. The van der Waals surface area contributed by atoms with Crippen molar-refractivity contribution in [3.05, 3.63) is 40.2 Å². The first-order valence-electron chi connectivity index (χ1n) is 4.79. The predicted molar refractivity (Wildman–Crippen MR) is 67.7 cm³/mol. The fraction of sp³-hybridized carbons (Fsp3) is 0. The van der Waals surface area contributed by atoms with E-state index in [1.165, 1.54) is 0 Å². The van der Waals surface area contributed by atoms with Gasteiger partial charge in [0.1, 0.15) is 5.69 Å². The Labute approximate surface area is 110 Å². The molecule has 0 fully saturated rings. The van der Waals surface area contributed by atoms with Crippen molar-refractivity contribution in [2.75, 3.05) is 0 Å². The fourth-order valence-corrected chi connectivity index (χ4v) is 2.18. The largest absolute Gasteiger partial charge is 0.321 e. The van der Waals surface area contributed by atoms with Gasteiger partial charge in [-0.2, -0.15) is 4.98 Å². The molecule has 3 aromatic rings. The lowest BCUT2D eigenvalue weighted by Gasteiger charge is -2.01. The smallest absolute Gasteiger partial charge is 0.320 e. The third-order valence-corrected chi connectivity index (χ3v) is 3.05. The number of rotatable bonds is 1. The third-order valence-electron chi connectivity index (χ3n) is 2.29. The summed E-state index contributed by atoms with van der Waals surface area (Å²) in [5, 5.41) is 4.78. The van der Waals surface area contributed by atoms with Crippen LogP contribution in [-0.4, -0.2) is 15.1 Å². The minimum absolute atomic E-state index is 0.00172. The number of hydrogen-bond acceptors (Lipinski definition) is 4. The second-order valence-corrected chi connectivity index (χ2v) is 4.56. The zero-order valence-corrected chi connectivity index (χ0v) is 10.7. The van der Waals surface area contributed by atoms with Crippen molar-refractivity contribution >= 4 is 38.4 Å². The normalized spacial score (nSPS) is 10.9. The van der Waals surface area contributed by atoms with Crippen LogP contribution < -0.4 is 0 Å². The SMILES string of the molecule is Clc1nc(-c2nc3ccccc3cc2Br)no1. The lowest BCUT2D eigenvalue weighted by molar-refractivity contribution is 0.420. The lowest BCUT2D eigenvalue weighted by Crippen LogP contribution is -1.89. The van der Waals surface area contributed by atoms with Crippen LogP contribution in [0.25, 0.3) is 22.4 Å². The maximum absolute atomic E-state index is 5.60. The molecule has 84 valence electrons. The van der Waals surface area contributed by atoms with Gasteiger partial charge in [-0.3, -0.25) is 0 Å². The molecule has 0 unspecified atom stereocenters. The van der Waals surface area contributed by atoms with Crippen LogP contribution in [0.3, 0.4) is 0 Å². The first-order chi connectivity index (χ1) is 8.24. The molecule has 0 saturated carbocycles. The summed E-state index contributed by atoms with van der Waals surface area (Å²) in [4.78, 5) is 8.41. The summed E-state index contributed by atoms with van der Waals surface area (Å²) in [5.41, 5.74) is 1.48. The van der Waals surface area contributed by atoms with Crippen LogP contribution in [0, 0.1) is 0 Å². The van der Waals surface area contributed by atoms with E-state index in [0.29, 0.717) is 11.5 Å². The van der Waals surface area contributed by atoms with E-state index < -0.39 is 0 Å². The van der Waals surface area contributed by atoms with E-state index in [4.69, 9.17) is 16.1 Å². The van der Waals surface area contributed by atoms with Crippen LogP contribution in [0.15, 0.2) is 39.3 Å². The van der Waals surface area contributed by atoms with Crippen molar-refractivity contribution in [2.24, 2.45) is 0 Å². The molecule has 0 radical (unpaired) electrons. The zero-order valence-electron chi connectivity index (χ0n) is 8.39. The van der Waals surface area contributed by atoms with Crippen LogP contribution >= 0.6 is 27.5 Å². The quantitative estimate of drug-likeness (QED) is 0.687. The second kappa shape index (κ2) is 4.09. The van der Waals surface area contributed by atoms with E-state index in [-0.39, 0.29) is 5.35 Å². The van der Waals surface area contributed by atoms with Crippen LogP contribution in [0.2, 0.25) is 5.35 Å². The molecule has 1 aromatic carbocycles. The molecule has 4 nitrogen and oxygen atoms in total. The molecular formula is C11H5BrClN3O. The van der Waals surface area contributed by atoms with Gasteiger partial charge in [-0.15, -0.1) is 0 Å². The molecule has 0 amide bonds. The Morgan fingerprint density at radius 2 is 2.00 bits per heavy atom. The van der Waals surface area contributed by atoms with E-state index in [1.54, 1.807) is 0 Å². The Hall–Kier alpha value is -1.46. The highest BCUT2D eigenvalue weighted by molar-refractivity contribution is 9.10. The van der Waals surface area contributed by atoms with Crippen LogP contribution in [0.1, 0.15) is 0 Å². The summed E-state index contributed by atoms with van der Waals surface area (Å²) in [6.45, 7) is 0. The molecule has 0 aliphatic carbocycles. The van der Waals surface area contributed by atoms with Gasteiger partial charge in [0.15, 0.2) is 0 Å². The molecule has 6 heteroatoms. The van der Waals surface area contributed by atoms with Gasteiger partial charge in [-0.25, -0.2) is 4.98 Å². The molecule has 0 saturated heterocycles. The van der Waals surface area contributed by atoms with E-state index in [1.807, 2.05) is 30.3 Å². The van der Waals surface area contributed by atoms with Gasteiger partial charge in [-0.05, 0) is 39.7 Å². The Balaban J connectivity index is 2.26. The Morgan fingerprint density at radius 1 is 1.18 bits per heavy atom. The highest BCUT2D eigenvalue weighted by Gasteiger charge is 2.13. The lowest BCUT2D eigenvalue weighted by atomic mass is 10.2. The summed E-state index contributed by atoms with van der Waals surface area (Å²) in [5.74, 6) is 0.368. The summed E-state index contributed by atoms with van der Waals surface area (Å²) in [6, 6.07) is 9.76. The number of pyridine rings is 1. The molecular weight excluding hydrogens is 305 g/mol. The minimum Gasteiger partial charge on any atom is -0.321 e. The number of para-hydroxylation sites is 1. The molecule has 0 bridgehead atoms. The first kappa shape index (κ1) is 10.7. The van der Waals surface area contributed by atoms with Gasteiger partial charge in [-0.1, -0.05) is 23.4 Å². The van der Waals surface area contributed by atoms with Gasteiger partial charge in [0, 0.05) is 9.86 Å². The number of halogens is 2. The van der Waals surface area contributed by atoms with Gasteiger partial charge < -0.3 is 4.52 Å². The van der Waals surface area contributed by atoms with Crippen molar-refractivity contribution in [1.82, 2.24) is 15.1 Å². The monoisotopic (exact) mass is 309 g/mol. The predicted octanol–water partition coefficient (Wildman–Crippen LogP) is 3.70. The van der Waals surface area contributed by atoms with Crippen molar-refractivity contribution < 1.29 is 4.52 Å². The van der Waals surface area contributed by atoms with Gasteiger partial charge in [0.05, 0.1) is 5.52 Å². The molecule has 0 N–H and O–H groups in total. The van der Waals surface area contributed by atoms with E-state index in [2.05, 4.69) is 31.1 Å². The molecule has 3 rings (SSSR count). The maximum Gasteiger partial charge on any atom is 0.320 e. The van der Waals surface area contributed by atoms with Crippen molar-refractivity contribution in [1.29, 1.82) is 0 Å². The Bertz CT molecular complexity index is 698. The first-order valence-corrected chi connectivity index (χ1v) is 5.96. The number of benzene rings is 1. The summed E-state index contributed by atoms with van der Waals surface area (Å²) < 4.78 is 5.53. The molecule has 0 aliphatic rings. The third kappa shape index (κ3) is 1.92. The fourth-order valence-electron chi connectivity index (χ4n) is 1.55. The standard InChI is InChI=1S/C11H5BrClN3O/c12-7-5-6-3-1-2-4-8(6)14-9(7)10-15-11(13)17-16-10/h1-5H. The van der Waals surface area contributed by atoms with Gasteiger partial charge in [0.2, 0.25) is 5.82 Å². The van der Waals surface area contributed by atoms with E-state index in [9.17, 15) is 0 Å². The van der Waals surface area contributed by atoms with Gasteiger partial charge in [0.25, 0.3) is 0 Å². The maximum atomic E-state index is 5.60. The van der Waals surface area contributed by atoms with Crippen molar-refractivity contribution in [3.63, 3.8) is 0 Å². The number of fused-ring (bicyclic) bond motifs is 1. The van der Waals surface area contributed by atoms with Crippen LogP contribution in [-0.2, 0) is 0 Å². The van der Waals surface area contributed by atoms with Crippen LogP contribution in [0.4, 0.5) is 0 Å². The number of nitrogens with zero attached hydrogens (tertiary/aromatic N) is 3. The summed E-state index contributed by atoms with van der Waals surface area (Å²) in [6.07, 6.45) is 0. The van der Waals surface area contributed by atoms with Crippen LogP contribution in [0.5, 0.6) is 0 Å². The molecule has 0 aliphatic heterocycles. The highest BCUT2D eigenvalue weighted by Crippen LogP contribution is 2.28. The number of aromatic nitrogens is 3. The highest BCUT2D eigenvalue weighted by atomic mass is 79.9. The number of hydrogen-bond donors (Lipinski definition) is 0. The Kier molecular flexibility index (Phi) is 2.57. The summed E-state index contributed by atoms with van der Waals surface area (Å²) in [7, 11) is 0. The minimum atomic E-state index is 0.00172. The molecule has 17 heavy (non-hydrogen) atoms. The average molecular weight is 311 g/mol. The van der Waals surface area contributed by atoms with Crippen molar-refractivity contribution in [2.45, 2.75) is 0 Å². The molecule has 2 heterocycles. The van der Waals surface area contributed by atoms with E-state index >= 15 is 0 Å². The summed E-state index contributed by atoms with van der Waals surface area (Å²) >= 11 is 9.03. The van der Waals surface area contributed by atoms with Gasteiger partial charge >= 0.3 is 5.35 Å². The van der Waals surface area contributed by atoms with Crippen molar-refractivity contribution in [3.8, 4) is 11.5 Å². The zero-order chi connectivity index (χ0) is 11.8. The van der Waals surface area contributed by atoms with E-state index in [0.717, 1.165) is 15.4 Å². The second-order valence-electron chi connectivity index (χ2n) is 3.38.